The number of halogens is 1. The number of hydrogen-bond acceptors (Lipinski definition) is 5. The molecule has 0 saturated carbocycles. The van der Waals surface area contributed by atoms with Crippen molar-refractivity contribution in [3.05, 3.63) is 27.5 Å². The average molecular weight is 300 g/mol. The van der Waals surface area contributed by atoms with Crippen LogP contribution in [0.2, 0.25) is 5.02 Å². The average Bonchev–Trinajstić information content (AvgIpc) is 2.98. The van der Waals surface area contributed by atoms with Gasteiger partial charge in [-0.05, 0) is 38.3 Å². The second-order valence-electron chi connectivity index (χ2n) is 4.30. The van der Waals surface area contributed by atoms with Crippen molar-refractivity contribution >= 4 is 23.1 Å². The van der Waals surface area contributed by atoms with Gasteiger partial charge in [-0.25, -0.2) is 0 Å². The molecule has 0 aliphatic carbocycles. The van der Waals surface area contributed by atoms with Crippen molar-refractivity contribution in [1.82, 2.24) is 24.7 Å². The van der Waals surface area contributed by atoms with Crippen molar-refractivity contribution in [2.24, 2.45) is 0 Å². The second kappa shape index (κ2) is 6.45. The van der Waals surface area contributed by atoms with Crippen molar-refractivity contribution in [2.45, 2.75) is 39.8 Å². The van der Waals surface area contributed by atoms with Gasteiger partial charge in [0, 0.05) is 6.54 Å². The molecule has 7 heteroatoms. The summed E-state index contributed by atoms with van der Waals surface area (Å²) >= 11 is 7.72. The van der Waals surface area contributed by atoms with Gasteiger partial charge in [-0.1, -0.05) is 23.0 Å². The number of rotatable bonds is 6. The van der Waals surface area contributed by atoms with Crippen LogP contribution in [0.3, 0.4) is 0 Å². The van der Waals surface area contributed by atoms with Crippen LogP contribution in [-0.2, 0) is 6.54 Å². The van der Waals surface area contributed by atoms with Crippen molar-refractivity contribution in [1.29, 1.82) is 0 Å². The van der Waals surface area contributed by atoms with E-state index >= 15 is 0 Å². The Hall–Kier alpha value is -0.980. The summed E-state index contributed by atoms with van der Waals surface area (Å²) in [5.74, 6) is 0. The SMILES string of the molecule is CCCNC(c1snnc1C)c1c(Cl)cnn1CC. The normalized spacial score (nSPS) is 12.8. The van der Waals surface area contributed by atoms with Crippen LogP contribution in [0.1, 0.15) is 42.6 Å². The lowest BCUT2D eigenvalue weighted by atomic mass is 10.1. The van der Waals surface area contributed by atoms with E-state index in [4.69, 9.17) is 11.6 Å². The molecule has 1 atom stereocenters. The molecule has 1 N–H and O–H groups in total. The lowest BCUT2D eigenvalue weighted by molar-refractivity contribution is 0.533. The Morgan fingerprint density at radius 3 is 2.84 bits per heavy atom. The van der Waals surface area contributed by atoms with E-state index < -0.39 is 0 Å². The first-order valence-corrected chi connectivity index (χ1v) is 7.57. The Bertz CT molecular complexity index is 536. The first-order valence-electron chi connectivity index (χ1n) is 6.42. The molecule has 2 aromatic heterocycles. The number of nitrogens with zero attached hydrogens (tertiary/aromatic N) is 4. The number of nitrogens with one attached hydrogen (secondary N) is 1. The van der Waals surface area contributed by atoms with Gasteiger partial charge in [0.15, 0.2) is 0 Å². The zero-order valence-electron chi connectivity index (χ0n) is 11.4. The largest absolute Gasteiger partial charge is 0.304 e. The van der Waals surface area contributed by atoms with Gasteiger partial charge in [-0.15, -0.1) is 5.10 Å². The molecule has 19 heavy (non-hydrogen) atoms. The number of hydrogen-bond donors (Lipinski definition) is 1. The standard InChI is InChI=1S/C12H18ClN5S/c1-4-6-14-10(12-8(3)16-17-19-12)11-9(13)7-15-18(11)5-2/h7,10,14H,4-6H2,1-3H3. The lowest BCUT2D eigenvalue weighted by Crippen LogP contribution is -2.26. The molecule has 2 aromatic rings. The third-order valence-corrected chi connectivity index (χ3v) is 4.14. The van der Waals surface area contributed by atoms with E-state index in [-0.39, 0.29) is 6.04 Å². The predicted molar refractivity (Wildman–Crippen MR) is 77.7 cm³/mol. The van der Waals surface area contributed by atoms with E-state index in [2.05, 4.69) is 33.8 Å². The van der Waals surface area contributed by atoms with Crippen LogP contribution in [0.5, 0.6) is 0 Å². The van der Waals surface area contributed by atoms with Crippen LogP contribution >= 0.6 is 23.1 Å². The van der Waals surface area contributed by atoms with Crippen molar-refractivity contribution in [2.75, 3.05) is 6.54 Å². The summed E-state index contributed by atoms with van der Waals surface area (Å²) < 4.78 is 5.95. The minimum absolute atomic E-state index is 0.00917. The summed E-state index contributed by atoms with van der Waals surface area (Å²) in [7, 11) is 0. The Kier molecular flexibility index (Phi) is 4.90. The smallest absolute Gasteiger partial charge is 0.0892 e. The maximum absolute atomic E-state index is 6.31. The third-order valence-electron chi connectivity index (χ3n) is 2.95. The van der Waals surface area contributed by atoms with Gasteiger partial charge in [-0.2, -0.15) is 5.10 Å². The molecule has 0 aliphatic heterocycles. The van der Waals surface area contributed by atoms with Crippen LogP contribution in [0.15, 0.2) is 6.20 Å². The van der Waals surface area contributed by atoms with Gasteiger partial charge in [-0.3, -0.25) is 4.68 Å². The highest BCUT2D eigenvalue weighted by Gasteiger charge is 2.24. The van der Waals surface area contributed by atoms with Gasteiger partial charge >= 0.3 is 0 Å². The first kappa shape index (κ1) is 14.4. The molecule has 2 rings (SSSR count). The van der Waals surface area contributed by atoms with Gasteiger partial charge in [0.1, 0.15) is 0 Å². The minimum Gasteiger partial charge on any atom is -0.304 e. The van der Waals surface area contributed by atoms with Crippen LogP contribution in [0.4, 0.5) is 0 Å². The monoisotopic (exact) mass is 299 g/mol. The molecular formula is C12H18ClN5S. The van der Waals surface area contributed by atoms with Gasteiger partial charge in [0.2, 0.25) is 0 Å². The van der Waals surface area contributed by atoms with Gasteiger partial charge in [0.05, 0.1) is 33.5 Å². The molecule has 5 nitrogen and oxygen atoms in total. The Morgan fingerprint density at radius 2 is 2.26 bits per heavy atom. The van der Waals surface area contributed by atoms with E-state index in [0.717, 1.165) is 35.8 Å². The highest BCUT2D eigenvalue weighted by atomic mass is 35.5. The predicted octanol–water partition coefficient (Wildman–Crippen LogP) is 2.81. The molecule has 0 aliphatic rings. The first-order chi connectivity index (χ1) is 9.19. The van der Waals surface area contributed by atoms with Crippen LogP contribution < -0.4 is 5.32 Å². The van der Waals surface area contributed by atoms with E-state index in [1.54, 1.807) is 6.20 Å². The lowest BCUT2D eigenvalue weighted by Gasteiger charge is -2.19. The maximum Gasteiger partial charge on any atom is 0.0892 e. The van der Waals surface area contributed by atoms with Gasteiger partial charge < -0.3 is 5.32 Å². The summed E-state index contributed by atoms with van der Waals surface area (Å²) in [6.07, 6.45) is 2.75. The quantitative estimate of drug-likeness (QED) is 0.891. The fourth-order valence-electron chi connectivity index (χ4n) is 2.02. The molecule has 0 amide bonds. The summed E-state index contributed by atoms with van der Waals surface area (Å²) in [6, 6.07) is 0.00917. The molecule has 104 valence electrons. The van der Waals surface area contributed by atoms with Crippen LogP contribution in [0, 0.1) is 6.92 Å². The molecule has 0 radical (unpaired) electrons. The zero-order chi connectivity index (χ0) is 13.8. The van der Waals surface area contributed by atoms with Crippen molar-refractivity contribution in [3.63, 3.8) is 0 Å². The Labute approximate surface area is 122 Å². The minimum atomic E-state index is 0.00917. The second-order valence-corrected chi connectivity index (χ2v) is 5.50. The Balaban J connectivity index is 2.42. The number of aryl methyl sites for hydroxylation is 2. The van der Waals surface area contributed by atoms with Crippen LogP contribution in [0.25, 0.3) is 0 Å². The molecule has 0 bridgehead atoms. The Morgan fingerprint density at radius 1 is 1.47 bits per heavy atom. The molecule has 0 aromatic carbocycles. The van der Waals surface area contributed by atoms with E-state index in [1.807, 2.05) is 11.6 Å². The molecule has 0 saturated heterocycles. The van der Waals surface area contributed by atoms with E-state index in [1.165, 1.54) is 11.5 Å². The van der Waals surface area contributed by atoms with Crippen molar-refractivity contribution < 1.29 is 0 Å². The fourth-order valence-corrected chi connectivity index (χ4v) is 2.99. The summed E-state index contributed by atoms with van der Waals surface area (Å²) in [5, 5.41) is 12.6. The van der Waals surface area contributed by atoms with Gasteiger partial charge in [0.25, 0.3) is 0 Å². The van der Waals surface area contributed by atoms with Crippen LogP contribution in [-0.4, -0.2) is 25.9 Å². The third kappa shape index (κ3) is 2.96. The summed E-state index contributed by atoms with van der Waals surface area (Å²) in [5.41, 5.74) is 1.94. The van der Waals surface area contributed by atoms with E-state index in [9.17, 15) is 0 Å². The number of aromatic nitrogens is 4. The summed E-state index contributed by atoms with van der Waals surface area (Å²) in [6.45, 7) is 7.87. The molecule has 2 heterocycles. The fraction of sp³-hybridized carbons (Fsp3) is 0.583. The molecular weight excluding hydrogens is 282 g/mol. The highest BCUT2D eigenvalue weighted by Crippen LogP contribution is 2.31. The highest BCUT2D eigenvalue weighted by molar-refractivity contribution is 7.05. The summed E-state index contributed by atoms with van der Waals surface area (Å²) in [4.78, 5) is 1.10. The van der Waals surface area contributed by atoms with Crippen molar-refractivity contribution in [3.8, 4) is 0 Å². The zero-order valence-corrected chi connectivity index (χ0v) is 12.9. The molecule has 0 spiro atoms. The molecule has 1 unspecified atom stereocenters. The topological polar surface area (TPSA) is 55.6 Å². The maximum atomic E-state index is 6.31. The van der Waals surface area contributed by atoms with E-state index in [0.29, 0.717) is 5.02 Å². The molecule has 0 fully saturated rings.